The highest BCUT2D eigenvalue weighted by atomic mass is 19.2. The molecular weight excluding hydrogens is 281 g/mol. The predicted octanol–water partition coefficient (Wildman–Crippen LogP) is 3.17. The Morgan fingerprint density at radius 3 is 2.05 bits per heavy atom. The zero-order valence-corrected chi connectivity index (χ0v) is 10.1. The largest absolute Gasteiger partial charge is 0.350 e. The van der Waals surface area contributed by atoms with Crippen LogP contribution in [0, 0.1) is 29.1 Å². The Kier molecular flexibility index (Phi) is 3.73. The van der Waals surface area contributed by atoms with E-state index in [4.69, 9.17) is 0 Å². The maximum absolute atomic E-state index is 13.3. The third-order valence-electron chi connectivity index (χ3n) is 2.57. The van der Waals surface area contributed by atoms with Crippen LogP contribution >= 0.6 is 0 Å². The Morgan fingerprint density at radius 2 is 1.55 bits per heavy atom. The van der Waals surface area contributed by atoms with Crippen LogP contribution in [0.2, 0.25) is 0 Å². The summed E-state index contributed by atoms with van der Waals surface area (Å²) < 4.78 is 66.8. The first-order valence-corrected chi connectivity index (χ1v) is 5.35. The van der Waals surface area contributed by atoms with Gasteiger partial charge in [-0.25, -0.2) is 22.0 Å². The van der Waals surface area contributed by atoms with Crippen LogP contribution in [0.3, 0.4) is 0 Å². The molecule has 0 radical (unpaired) electrons. The molecule has 1 heterocycles. The molecule has 0 saturated carbocycles. The molecule has 0 aliphatic carbocycles. The smallest absolute Gasteiger partial charge is 0.200 e. The van der Waals surface area contributed by atoms with Crippen LogP contribution in [0.25, 0.3) is 0 Å². The first-order valence-electron chi connectivity index (χ1n) is 5.35. The van der Waals surface area contributed by atoms with Crippen molar-refractivity contribution in [2.45, 2.75) is 0 Å². The second-order valence-corrected chi connectivity index (χ2v) is 3.86. The van der Waals surface area contributed by atoms with Crippen molar-refractivity contribution in [3.8, 4) is 0 Å². The topological polar surface area (TPSA) is 29.3 Å². The predicted molar refractivity (Wildman–Crippen MR) is 62.9 cm³/mol. The van der Waals surface area contributed by atoms with E-state index >= 15 is 0 Å². The molecule has 8 heteroatoms. The average Bonchev–Trinajstić information content (AvgIpc) is 2.84. The normalized spacial score (nSPS) is 11.3. The molecular formula is C12H8F5N3. The summed E-state index contributed by atoms with van der Waals surface area (Å²) in [6.45, 7) is 0. The molecule has 2 rings (SSSR count). The van der Waals surface area contributed by atoms with Crippen LogP contribution in [-0.2, 0) is 7.05 Å². The van der Waals surface area contributed by atoms with Gasteiger partial charge in [-0.3, -0.25) is 5.43 Å². The SMILES string of the molecule is Cn1cccc1/C=N/Nc1c(F)c(F)c(F)c(F)c1F. The first kappa shape index (κ1) is 14.0. The van der Waals surface area contributed by atoms with E-state index in [0.29, 0.717) is 5.69 Å². The number of benzene rings is 1. The Labute approximate surface area is 110 Å². The summed E-state index contributed by atoms with van der Waals surface area (Å²) in [7, 11) is 1.69. The number of aromatic nitrogens is 1. The van der Waals surface area contributed by atoms with Crippen molar-refractivity contribution < 1.29 is 22.0 Å². The molecule has 0 aliphatic rings. The minimum atomic E-state index is -2.21. The Hall–Kier alpha value is -2.38. The lowest BCUT2D eigenvalue weighted by Crippen LogP contribution is -2.07. The van der Waals surface area contributed by atoms with Gasteiger partial charge in [0.15, 0.2) is 23.3 Å². The molecule has 0 amide bonds. The van der Waals surface area contributed by atoms with Gasteiger partial charge < -0.3 is 4.57 Å². The van der Waals surface area contributed by atoms with E-state index in [1.807, 2.05) is 5.43 Å². The molecule has 0 bridgehead atoms. The fourth-order valence-corrected chi connectivity index (χ4v) is 1.47. The third kappa shape index (κ3) is 2.36. The molecule has 2 aromatic rings. The fourth-order valence-electron chi connectivity index (χ4n) is 1.47. The lowest BCUT2D eigenvalue weighted by Gasteiger charge is -2.06. The van der Waals surface area contributed by atoms with Crippen molar-refractivity contribution in [1.82, 2.24) is 4.57 Å². The number of halogens is 5. The van der Waals surface area contributed by atoms with Gasteiger partial charge in [-0.05, 0) is 12.1 Å². The average molecular weight is 289 g/mol. The molecule has 0 unspecified atom stereocenters. The Bertz CT molecular complexity index is 649. The Balaban J connectivity index is 2.31. The van der Waals surface area contributed by atoms with Crippen LogP contribution in [0.1, 0.15) is 5.69 Å². The quantitative estimate of drug-likeness (QED) is 0.304. The summed E-state index contributed by atoms with van der Waals surface area (Å²) in [6, 6.07) is 3.34. The van der Waals surface area contributed by atoms with Crippen LogP contribution in [0.4, 0.5) is 27.6 Å². The standard InChI is InChI=1S/C12H8F5N3/c1-20-4-2-3-6(20)5-18-19-12-10(16)8(14)7(13)9(15)11(12)17/h2-5,19H,1H3/b18-5+. The first-order chi connectivity index (χ1) is 9.43. The highest BCUT2D eigenvalue weighted by Gasteiger charge is 2.25. The molecule has 106 valence electrons. The molecule has 0 atom stereocenters. The highest BCUT2D eigenvalue weighted by molar-refractivity contribution is 5.78. The number of nitrogens with one attached hydrogen (secondary N) is 1. The number of hydrazone groups is 1. The van der Waals surface area contributed by atoms with E-state index in [9.17, 15) is 22.0 Å². The number of anilines is 1. The van der Waals surface area contributed by atoms with Crippen molar-refractivity contribution in [3.05, 3.63) is 53.1 Å². The molecule has 0 spiro atoms. The molecule has 1 aromatic carbocycles. The maximum Gasteiger partial charge on any atom is 0.200 e. The summed E-state index contributed by atoms with van der Waals surface area (Å²) >= 11 is 0. The zero-order valence-electron chi connectivity index (χ0n) is 10.1. The van der Waals surface area contributed by atoms with Crippen molar-refractivity contribution >= 4 is 11.9 Å². The van der Waals surface area contributed by atoms with Gasteiger partial charge >= 0.3 is 0 Å². The van der Waals surface area contributed by atoms with E-state index in [-0.39, 0.29) is 0 Å². The Morgan fingerprint density at radius 1 is 1.00 bits per heavy atom. The molecule has 0 fully saturated rings. The minimum Gasteiger partial charge on any atom is -0.350 e. The van der Waals surface area contributed by atoms with Gasteiger partial charge in [0.05, 0.1) is 11.9 Å². The van der Waals surface area contributed by atoms with Gasteiger partial charge in [0, 0.05) is 13.2 Å². The molecule has 1 aromatic heterocycles. The second-order valence-electron chi connectivity index (χ2n) is 3.86. The number of hydrogen-bond donors (Lipinski definition) is 1. The minimum absolute atomic E-state index is 0.571. The highest BCUT2D eigenvalue weighted by Crippen LogP contribution is 2.26. The van der Waals surface area contributed by atoms with Gasteiger partial charge in [-0.1, -0.05) is 0 Å². The van der Waals surface area contributed by atoms with Gasteiger partial charge in [0.25, 0.3) is 0 Å². The molecule has 3 nitrogen and oxygen atoms in total. The number of hydrogen-bond acceptors (Lipinski definition) is 2. The van der Waals surface area contributed by atoms with Gasteiger partial charge in [0.2, 0.25) is 5.82 Å². The number of rotatable bonds is 3. The van der Waals surface area contributed by atoms with E-state index < -0.39 is 34.8 Å². The van der Waals surface area contributed by atoms with Crippen LogP contribution in [0.5, 0.6) is 0 Å². The van der Waals surface area contributed by atoms with E-state index in [1.54, 1.807) is 29.9 Å². The van der Waals surface area contributed by atoms with Crippen LogP contribution in [-0.4, -0.2) is 10.8 Å². The van der Waals surface area contributed by atoms with Crippen molar-refractivity contribution in [2.75, 3.05) is 5.43 Å². The van der Waals surface area contributed by atoms with E-state index in [0.717, 1.165) is 0 Å². The van der Waals surface area contributed by atoms with Crippen molar-refractivity contribution in [3.63, 3.8) is 0 Å². The summed E-state index contributed by atoms with van der Waals surface area (Å²) in [5.74, 6) is -10.2. The van der Waals surface area contributed by atoms with Gasteiger partial charge in [-0.15, -0.1) is 0 Å². The molecule has 0 aliphatic heterocycles. The van der Waals surface area contributed by atoms with Crippen LogP contribution in [0.15, 0.2) is 23.4 Å². The summed E-state index contributed by atoms with van der Waals surface area (Å²) in [4.78, 5) is 0. The summed E-state index contributed by atoms with van der Waals surface area (Å²) in [6.07, 6.45) is 2.87. The molecule has 20 heavy (non-hydrogen) atoms. The second kappa shape index (κ2) is 5.32. The van der Waals surface area contributed by atoms with Crippen LogP contribution < -0.4 is 5.43 Å². The molecule has 0 saturated heterocycles. The number of aryl methyl sites for hydroxylation is 1. The zero-order chi connectivity index (χ0) is 14.9. The third-order valence-corrected chi connectivity index (χ3v) is 2.57. The van der Waals surface area contributed by atoms with E-state index in [1.165, 1.54) is 6.21 Å². The van der Waals surface area contributed by atoms with Gasteiger partial charge in [0.1, 0.15) is 5.69 Å². The monoisotopic (exact) mass is 289 g/mol. The number of nitrogens with zero attached hydrogens (tertiary/aromatic N) is 2. The summed E-state index contributed by atoms with van der Waals surface area (Å²) in [5.41, 5.74) is 1.18. The maximum atomic E-state index is 13.3. The molecule has 1 N–H and O–H groups in total. The summed E-state index contributed by atoms with van der Waals surface area (Å²) in [5, 5.41) is 3.45. The van der Waals surface area contributed by atoms with Gasteiger partial charge in [-0.2, -0.15) is 5.10 Å². The van der Waals surface area contributed by atoms with E-state index in [2.05, 4.69) is 5.10 Å². The van der Waals surface area contributed by atoms with Crippen molar-refractivity contribution in [2.24, 2.45) is 12.1 Å². The fraction of sp³-hybridized carbons (Fsp3) is 0.0833. The van der Waals surface area contributed by atoms with Crippen molar-refractivity contribution in [1.29, 1.82) is 0 Å². The lowest BCUT2D eigenvalue weighted by molar-refractivity contribution is 0.381. The lowest BCUT2D eigenvalue weighted by atomic mass is 10.2.